The first-order valence-electron chi connectivity index (χ1n) is 3.27. The highest BCUT2D eigenvalue weighted by molar-refractivity contribution is 9.09. The molecule has 1 aliphatic rings. The fourth-order valence-corrected chi connectivity index (χ4v) is 1.69. The van der Waals surface area contributed by atoms with E-state index in [0.717, 1.165) is 12.4 Å². The van der Waals surface area contributed by atoms with Gasteiger partial charge in [-0.25, -0.2) is 0 Å². The summed E-state index contributed by atoms with van der Waals surface area (Å²) in [7, 11) is 0. The van der Waals surface area contributed by atoms with E-state index in [9.17, 15) is 4.79 Å². The van der Waals surface area contributed by atoms with Crippen LogP contribution in [0.5, 0.6) is 0 Å². The topological polar surface area (TPSA) is 35.5 Å². The molecule has 0 spiro atoms. The van der Waals surface area contributed by atoms with Crippen LogP contribution < -0.4 is 0 Å². The van der Waals surface area contributed by atoms with Crippen LogP contribution in [0.2, 0.25) is 0 Å². The summed E-state index contributed by atoms with van der Waals surface area (Å²) >= 11 is 4.63. The molecule has 1 rings (SSSR count). The van der Waals surface area contributed by atoms with Gasteiger partial charge in [0.05, 0.1) is 13.2 Å². The molecular formula is C6H9BrO3S. The minimum Gasteiger partial charge on any atom is -0.448 e. The van der Waals surface area contributed by atoms with Gasteiger partial charge in [-0.1, -0.05) is 15.9 Å². The molecule has 64 valence electrons. The van der Waals surface area contributed by atoms with Crippen LogP contribution >= 0.6 is 27.7 Å². The molecule has 1 atom stereocenters. The zero-order valence-electron chi connectivity index (χ0n) is 5.92. The number of thioether (sulfide) groups is 1. The molecule has 0 aromatic heterocycles. The molecule has 0 radical (unpaired) electrons. The van der Waals surface area contributed by atoms with Gasteiger partial charge in [0.2, 0.25) is 0 Å². The van der Waals surface area contributed by atoms with Gasteiger partial charge < -0.3 is 9.47 Å². The van der Waals surface area contributed by atoms with Gasteiger partial charge in [0.25, 0.3) is 0 Å². The van der Waals surface area contributed by atoms with Crippen LogP contribution in [0.25, 0.3) is 0 Å². The number of carbonyl (C=O) groups is 1. The van der Waals surface area contributed by atoms with E-state index < -0.39 is 0 Å². The molecule has 0 aromatic carbocycles. The van der Waals surface area contributed by atoms with Crippen molar-refractivity contribution in [1.82, 2.24) is 0 Å². The quantitative estimate of drug-likeness (QED) is 0.534. The maximum Gasteiger partial charge on any atom is 0.317 e. The number of esters is 1. The third-order valence-corrected chi connectivity index (χ3v) is 2.62. The lowest BCUT2D eigenvalue weighted by Gasteiger charge is -2.21. The molecule has 0 amide bonds. The van der Waals surface area contributed by atoms with Crippen LogP contribution in [0.1, 0.15) is 0 Å². The number of rotatable bonds is 2. The maximum absolute atomic E-state index is 10.7. The van der Waals surface area contributed by atoms with E-state index in [2.05, 4.69) is 15.9 Å². The Morgan fingerprint density at radius 1 is 1.82 bits per heavy atom. The van der Waals surface area contributed by atoms with Crippen LogP contribution in [0.15, 0.2) is 0 Å². The fourth-order valence-electron chi connectivity index (χ4n) is 0.712. The van der Waals surface area contributed by atoms with Gasteiger partial charge in [-0.15, -0.1) is 11.8 Å². The Kier molecular flexibility index (Phi) is 4.25. The predicted molar refractivity (Wildman–Crippen MR) is 47.0 cm³/mol. The molecule has 0 bridgehead atoms. The second kappa shape index (κ2) is 5.00. The van der Waals surface area contributed by atoms with E-state index in [0.29, 0.717) is 6.61 Å². The number of halogens is 1. The monoisotopic (exact) mass is 240 g/mol. The number of ether oxygens (including phenoxy) is 2. The summed E-state index contributed by atoms with van der Waals surface area (Å²) in [5.74, 6) is 0.674. The Morgan fingerprint density at radius 3 is 3.18 bits per heavy atom. The van der Waals surface area contributed by atoms with Crippen molar-refractivity contribution in [1.29, 1.82) is 0 Å². The first-order valence-corrected chi connectivity index (χ1v) is 5.44. The van der Waals surface area contributed by atoms with Crippen LogP contribution in [0, 0.1) is 0 Å². The van der Waals surface area contributed by atoms with E-state index in [4.69, 9.17) is 9.47 Å². The Morgan fingerprint density at radius 2 is 2.64 bits per heavy atom. The smallest absolute Gasteiger partial charge is 0.317 e. The summed E-state index contributed by atoms with van der Waals surface area (Å²) in [4.78, 5) is 10.7. The standard InChI is InChI=1S/C6H9BrO3S/c7-3-5(8)10-6-4-9-1-2-11-6/h6H,1-4H2. The maximum atomic E-state index is 10.7. The molecule has 11 heavy (non-hydrogen) atoms. The number of alkyl halides is 1. The highest BCUT2D eigenvalue weighted by Gasteiger charge is 2.17. The summed E-state index contributed by atoms with van der Waals surface area (Å²) in [6.45, 7) is 1.27. The van der Waals surface area contributed by atoms with Crippen molar-refractivity contribution in [3.8, 4) is 0 Å². The SMILES string of the molecule is O=C(CBr)OC1COCCS1. The molecular weight excluding hydrogens is 232 g/mol. The Balaban J connectivity index is 2.19. The molecule has 3 nitrogen and oxygen atoms in total. The normalized spacial score (nSPS) is 24.6. The summed E-state index contributed by atoms with van der Waals surface area (Å²) in [6, 6.07) is 0. The third kappa shape index (κ3) is 3.44. The lowest BCUT2D eigenvalue weighted by molar-refractivity contribution is -0.143. The minimum absolute atomic E-state index is 0.103. The second-order valence-corrected chi connectivity index (χ2v) is 3.83. The molecule has 0 N–H and O–H groups in total. The molecule has 1 saturated heterocycles. The van der Waals surface area contributed by atoms with Crippen molar-refractivity contribution in [2.24, 2.45) is 0 Å². The fraction of sp³-hybridized carbons (Fsp3) is 0.833. The van der Waals surface area contributed by atoms with E-state index in [-0.39, 0.29) is 16.7 Å². The summed E-state index contributed by atoms with van der Waals surface area (Å²) in [5, 5.41) is 0.254. The first-order chi connectivity index (χ1) is 5.33. The second-order valence-electron chi connectivity index (χ2n) is 2.00. The van der Waals surface area contributed by atoms with Crippen molar-refractivity contribution in [3.05, 3.63) is 0 Å². The van der Waals surface area contributed by atoms with Crippen LogP contribution in [-0.4, -0.2) is 35.7 Å². The lowest BCUT2D eigenvalue weighted by Crippen LogP contribution is -2.26. The zero-order chi connectivity index (χ0) is 8.10. The van der Waals surface area contributed by atoms with E-state index in [1.54, 1.807) is 11.8 Å². The van der Waals surface area contributed by atoms with Crippen molar-refractivity contribution in [3.63, 3.8) is 0 Å². The van der Waals surface area contributed by atoms with Crippen molar-refractivity contribution >= 4 is 33.7 Å². The van der Waals surface area contributed by atoms with Crippen LogP contribution in [0.4, 0.5) is 0 Å². The van der Waals surface area contributed by atoms with Crippen LogP contribution in [-0.2, 0) is 14.3 Å². The van der Waals surface area contributed by atoms with Crippen molar-refractivity contribution in [2.45, 2.75) is 5.44 Å². The molecule has 0 aliphatic carbocycles. The van der Waals surface area contributed by atoms with E-state index >= 15 is 0 Å². The van der Waals surface area contributed by atoms with Crippen molar-refractivity contribution < 1.29 is 14.3 Å². The first kappa shape index (κ1) is 9.35. The van der Waals surface area contributed by atoms with Gasteiger partial charge in [-0.2, -0.15) is 0 Å². The highest BCUT2D eigenvalue weighted by Crippen LogP contribution is 2.17. The van der Waals surface area contributed by atoms with Gasteiger partial charge in [0.1, 0.15) is 5.33 Å². The molecule has 5 heteroatoms. The Labute approximate surface area is 77.9 Å². The van der Waals surface area contributed by atoms with Crippen LogP contribution in [0.3, 0.4) is 0 Å². The van der Waals surface area contributed by atoms with Gasteiger partial charge in [0, 0.05) is 5.75 Å². The Bertz CT molecular complexity index is 136. The van der Waals surface area contributed by atoms with E-state index in [1.165, 1.54) is 0 Å². The largest absolute Gasteiger partial charge is 0.448 e. The van der Waals surface area contributed by atoms with Gasteiger partial charge in [-0.05, 0) is 0 Å². The molecule has 0 aromatic rings. The average Bonchev–Trinajstić information content (AvgIpc) is 2.06. The molecule has 1 aliphatic heterocycles. The molecule has 1 fully saturated rings. The zero-order valence-corrected chi connectivity index (χ0v) is 8.32. The van der Waals surface area contributed by atoms with E-state index in [1.807, 2.05) is 0 Å². The molecule has 0 saturated carbocycles. The van der Waals surface area contributed by atoms with Gasteiger partial charge in [0.15, 0.2) is 5.44 Å². The number of carbonyl (C=O) groups excluding carboxylic acids is 1. The third-order valence-electron chi connectivity index (χ3n) is 1.16. The minimum atomic E-state index is -0.229. The van der Waals surface area contributed by atoms with Gasteiger partial charge in [-0.3, -0.25) is 4.79 Å². The van der Waals surface area contributed by atoms with Crippen molar-refractivity contribution in [2.75, 3.05) is 24.3 Å². The summed E-state index contributed by atoms with van der Waals surface area (Å²) in [5.41, 5.74) is -0.103. The predicted octanol–water partition coefficient (Wildman–Crippen LogP) is 1.01. The average molecular weight is 241 g/mol. The van der Waals surface area contributed by atoms with Gasteiger partial charge >= 0.3 is 5.97 Å². The molecule has 1 unspecified atom stereocenters. The molecule has 1 heterocycles. The Hall–Kier alpha value is 0.260. The summed E-state index contributed by atoms with van der Waals surface area (Å²) in [6.07, 6.45) is 0. The number of hydrogen-bond acceptors (Lipinski definition) is 4. The highest BCUT2D eigenvalue weighted by atomic mass is 79.9. The lowest BCUT2D eigenvalue weighted by atomic mass is 10.7. The number of hydrogen-bond donors (Lipinski definition) is 0. The summed E-state index contributed by atoms with van der Waals surface area (Å²) < 4.78 is 10.1.